The second kappa shape index (κ2) is 6.30. The van der Waals surface area contributed by atoms with Gasteiger partial charge in [0.1, 0.15) is 0 Å². The number of carbonyl (C=O) groups excluding carboxylic acids is 1. The number of fused-ring (bicyclic) bond motifs is 2. The summed E-state index contributed by atoms with van der Waals surface area (Å²) >= 11 is 0. The molecule has 2 fully saturated rings. The van der Waals surface area contributed by atoms with E-state index in [-0.39, 0.29) is 24.5 Å². The van der Waals surface area contributed by atoms with E-state index in [2.05, 4.69) is 10.4 Å². The van der Waals surface area contributed by atoms with E-state index in [9.17, 15) is 9.90 Å². The Kier molecular flexibility index (Phi) is 4.12. The summed E-state index contributed by atoms with van der Waals surface area (Å²) in [5.74, 6) is 1.28. The Bertz CT molecular complexity index is 781. The molecular formula is C20H25N3O2. The molecule has 2 aliphatic carbocycles. The van der Waals surface area contributed by atoms with Crippen LogP contribution in [0.15, 0.2) is 30.3 Å². The van der Waals surface area contributed by atoms with Gasteiger partial charge in [-0.1, -0.05) is 0 Å². The summed E-state index contributed by atoms with van der Waals surface area (Å²) in [6, 6.07) is 9.71. The number of nitrogens with one attached hydrogen (secondary N) is 1. The fourth-order valence-electron chi connectivity index (χ4n) is 4.78. The third-order valence-corrected chi connectivity index (χ3v) is 5.98. The predicted molar refractivity (Wildman–Crippen MR) is 95.7 cm³/mol. The summed E-state index contributed by atoms with van der Waals surface area (Å²) in [5.41, 5.74) is 3.66. The van der Waals surface area contributed by atoms with Crippen molar-refractivity contribution in [3.8, 4) is 5.69 Å². The molecule has 2 saturated carbocycles. The third kappa shape index (κ3) is 2.86. The number of nitrogens with zero attached hydrogens (tertiary/aromatic N) is 2. The number of aromatic nitrogens is 2. The number of rotatable bonds is 4. The molecule has 2 bridgehead atoms. The fraction of sp³-hybridized carbons (Fsp3) is 0.500. The lowest BCUT2D eigenvalue weighted by molar-refractivity contribution is 0.0861. The molecule has 0 radical (unpaired) electrons. The molecule has 5 heteroatoms. The highest BCUT2D eigenvalue weighted by atomic mass is 16.3. The zero-order valence-electron chi connectivity index (χ0n) is 14.8. The van der Waals surface area contributed by atoms with Gasteiger partial charge in [-0.3, -0.25) is 4.79 Å². The van der Waals surface area contributed by atoms with E-state index >= 15 is 0 Å². The van der Waals surface area contributed by atoms with Crippen molar-refractivity contribution in [2.24, 2.45) is 17.8 Å². The Morgan fingerprint density at radius 2 is 1.96 bits per heavy atom. The Morgan fingerprint density at radius 1 is 1.24 bits per heavy atom. The Balaban J connectivity index is 1.48. The molecule has 4 rings (SSSR count). The first-order chi connectivity index (χ1) is 12.1. The van der Waals surface area contributed by atoms with Gasteiger partial charge in [-0.2, -0.15) is 5.10 Å². The molecule has 4 unspecified atom stereocenters. The molecule has 4 atom stereocenters. The molecule has 1 heterocycles. The van der Waals surface area contributed by atoms with Crippen molar-refractivity contribution in [1.29, 1.82) is 0 Å². The van der Waals surface area contributed by atoms with Gasteiger partial charge in [0.15, 0.2) is 0 Å². The number of amides is 1. The SMILES string of the molecule is Cc1cc(C)n(-c2ccc(C(=O)NC3C4CCC(C4)C3CO)cc2)n1. The third-order valence-electron chi connectivity index (χ3n) is 5.98. The first kappa shape index (κ1) is 16.3. The highest BCUT2D eigenvalue weighted by Gasteiger charge is 2.47. The molecule has 132 valence electrons. The minimum Gasteiger partial charge on any atom is -0.396 e. The van der Waals surface area contributed by atoms with Gasteiger partial charge in [-0.05, 0) is 75.3 Å². The maximum absolute atomic E-state index is 12.6. The van der Waals surface area contributed by atoms with Crippen LogP contribution in [0.25, 0.3) is 5.69 Å². The molecule has 25 heavy (non-hydrogen) atoms. The van der Waals surface area contributed by atoms with E-state index in [4.69, 9.17) is 0 Å². The lowest BCUT2D eigenvalue weighted by Crippen LogP contribution is -2.45. The highest BCUT2D eigenvalue weighted by Crippen LogP contribution is 2.48. The summed E-state index contributed by atoms with van der Waals surface area (Å²) in [6.07, 6.45) is 3.51. The van der Waals surface area contributed by atoms with E-state index < -0.39 is 0 Å². The molecule has 1 aromatic carbocycles. The number of aliphatic hydroxyl groups excluding tert-OH is 1. The molecule has 2 aromatic rings. The van der Waals surface area contributed by atoms with Crippen LogP contribution < -0.4 is 5.32 Å². The maximum Gasteiger partial charge on any atom is 0.251 e. The van der Waals surface area contributed by atoms with E-state index in [0.29, 0.717) is 17.4 Å². The van der Waals surface area contributed by atoms with Crippen LogP contribution in [-0.4, -0.2) is 33.4 Å². The second-order valence-electron chi connectivity index (χ2n) is 7.56. The molecule has 2 aliphatic rings. The Labute approximate surface area is 148 Å². The van der Waals surface area contributed by atoms with Crippen LogP contribution in [-0.2, 0) is 0 Å². The van der Waals surface area contributed by atoms with Gasteiger partial charge < -0.3 is 10.4 Å². The summed E-state index contributed by atoms with van der Waals surface area (Å²) in [4.78, 5) is 12.6. The summed E-state index contributed by atoms with van der Waals surface area (Å²) in [5, 5.41) is 17.3. The van der Waals surface area contributed by atoms with Gasteiger partial charge in [-0.15, -0.1) is 0 Å². The Hall–Kier alpha value is -2.14. The van der Waals surface area contributed by atoms with Crippen LogP contribution in [0.2, 0.25) is 0 Å². The molecule has 0 aliphatic heterocycles. The average molecular weight is 339 g/mol. The lowest BCUT2D eigenvalue weighted by atomic mass is 9.85. The number of hydrogen-bond donors (Lipinski definition) is 2. The second-order valence-corrected chi connectivity index (χ2v) is 7.56. The zero-order chi connectivity index (χ0) is 17.6. The summed E-state index contributed by atoms with van der Waals surface area (Å²) < 4.78 is 1.88. The Morgan fingerprint density at radius 3 is 2.60 bits per heavy atom. The number of benzene rings is 1. The van der Waals surface area contributed by atoms with Crippen LogP contribution in [0.5, 0.6) is 0 Å². The van der Waals surface area contributed by atoms with Crippen LogP contribution in [0.1, 0.15) is 41.0 Å². The van der Waals surface area contributed by atoms with E-state index in [1.807, 2.05) is 48.9 Å². The monoisotopic (exact) mass is 339 g/mol. The number of aryl methyl sites for hydroxylation is 2. The summed E-state index contributed by atoms with van der Waals surface area (Å²) in [6.45, 7) is 4.16. The van der Waals surface area contributed by atoms with Crippen LogP contribution in [0, 0.1) is 31.6 Å². The van der Waals surface area contributed by atoms with Crippen LogP contribution in [0.3, 0.4) is 0 Å². The first-order valence-electron chi connectivity index (χ1n) is 9.12. The molecule has 1 aromatic heterocycles. The van der Waals surface area contributed by atoms with Crippen molar-refractivity contribution in [3.05, 3.63) is 47.3 Å². The standard InChI is InChI=1S/C20H25N3O2/c1-12-9-13(2)23(22-12)17-7-5-14(6-8-17)20(25)21-19-16-4-3-15(10-16)18(19)11-24/h5-9,15-16,18-19,24H,3-4,10-11H2,1-2H3,(H,21,25). The average Bonchev–Trinajstić information content (AvgIpc) is 3.29. The van der Waals surface area contributed by atoms with E-state index in [1.165, 1.54) is 12.8 Å². The zero-order valence-corrected chi connectivity index (χ0v) is 14.8. The number of hydrogen-bond acceptors (Lipinski definition) is 3. The van der Waals surface area contributed by atoms with Crippen LogP contribution >= 0.6 is 0 Å². The molecule has 2 N–H and O–H groups in total. The van der Waals surface area contributed by atoms with Crippen molar-refractivity contribution in [1.82, 2.24) is 15.1 Å². The van der Waals surface area contributed by atoms with Gasteiger partial charge >= 0.3 is 0 Å². The lowest BCUT2D eigenvalue weighted by Gasteiger charge is -2.30. The van der Waals surface area contributed by atoms with Gasteiger partial charge in [0.2, 0.25) is 0 Å². The van der Waals surface area contributed by atoms with Gasteiger partial charge in [0.25, 0.3) is 5.91 Å². The van der Waals surface area contributed by atoms with Gasteiger partial charge in [0, 0.05) is 29.8 Å². The number of aliphatic hydroxyl groups is 1. The van der Waals surface area contributed by atoms with Crippen molar-refractivity contribution in [2.75, 3.05) is 6.61 Å². The quantitative estimate of drug-likeness (QED) is 0.900. The van der Waals surface area contributed by atoms with E-state index in [1.54, 1.807) is 0 Å². The topological polar surface area (TPSA) is 67.2 Å². The fourth-order valence-corrected chi connectivity index (χ4v) is 4.78. The van der Waals surface area contributed by atoms with Crippen molar-refractivity contribution in [3.63, 3.8) is 0 Å². The van der Waals surface area contributed by atoms with Crippen molar-refractivity contribution in [2.45, 2.75) is 39.2 Å². The smallest absolute Gasteiger partial charge is 0.251 e. The van der Waals surface area contributed by atoms with Crippen LogP contribution in [0.4, 0.5) is 0 Å². The minimum absolute atomic E-state index is 0.0454. The molecule has 1 amide bonds. The normalized spacial score (nSPS) is 27.6. The van der Waals surface area contributed by atoms with Crippen molar-refractivity contribution >= 4 is 5.91 Å². The molecule has 0 saturated heterocycles. The summed E-state index contributed by atoms with van der Waals surface area (Å²) in [7, 11) is 0. The predicted octanol–water partition coefficient (Wildman–Crippen LogP) is 2.63. The highest BCUT2D eigenvalue weighted by molar-refractivity contribution is 5.94. The minimum atomic E-state index is -0.0454. The van der Waals surface area contributed by atoms with E-state index in [0.717, 1.165) is 23.5 Å². The van der Waals surface area contributed by atoms with Gasteiger partial charge in [0.05, 0.1) is 11.4 Å². The van der Waals surface area contributed by atoms with Gasteiger partial charge in [-0.25, -0.2) is 4.68 Å². The molecule has 0 spiro atoms. The first-order valence-corrected chi connectivity index (χ1v) is 9.12. The largest absolute Gasteiger partial charge is 0.396 e. The maximum atomic E-state index is 12.6. The van der Waals surface area contributed by atoms with Crippen molar-refractivity contribution < 1.29 is 9.90 Å². The number of carbonyl (C=O) groups is 1. The molecule has 5 nitrogen and oxygen atoms in total. The molecular weight excluding hydrogens is 314 g/mol.